The highest BCUT2D eigenvalue weighted by atomic mass is 19.4. The van der Waals surface area contributed by atoms with E-state index < -0.39 is 30.1 Å². The zero-order chi connectivity index (χ0) is 21.1. The molecular formula is C18H21F3N4O3. The number of hydrogen-bond donors (Lipinski definition) is 0. The monoisotopic (exact) mass is 398 g/mol. The van der Waals surface area contributed by atoms with Gasteiger partial charge in [-0.15, -0.1) is 0 Å². The molecule has 2 rings (SSSR count). The number of para-hydroxylation sites is 1. The minimum Gasteiger partial charge on any atom is -0.329 e. The number of aryl methyl sites for hydroxylation is 2. The van der Waals surface area contributed by atoms with Crippen molar-refractivity contribution in [2.45, 2.75) is 39.4 Å². The molecule has 10 heteroatoms. The molecule has 1 heterocycles. The Morgan fingerprint density at radius 3 is 2.46 bits per heavy atom. The van der Waals surface area contributed by atoms with E-state index in [0.29, 0.717) is 10.6 Å². The van der Waals surface area contributed by atoms with Crippen molar-refractivity contribution in [1.82, 2.24) is 14.7 Å². The maximum Gasteiger partial charge on any atom is 0.406 e. The molecule has 2 aromatic rings. The maximum absolute atomic E-state index is 13.0. The highest BCUT2D eigenvalue weighted by Crippen LogP contribution is 2.24. The Balaban J connectivity index is 2.20. The van der Waals surface area contributed by atoms with Gasteiger partial charge in [-0.3, -0.25) is 19.6 Å². The van der Waals surface area contributed by atoms with Gasteiger partial charge >= 0.3 is 6.18 Å². The number of rotatable bonds is 7. The van der Waals surface area contributed by atoms with Crippen molar-refractivity contribution >= 4 is 11.6 Å². The Bertz CT molecular complexity index is 877. The molecule has 0 saturated heterocycles. The zero-order valence-electron chi connectivity index (χ0n) is 15.8. The first-order valence-electron chi connectivity index (χ1n) is 8.55. The van der Waals surface area contributed by atoms with Crippen molar-refractivity contribution in [2.24, 2.45) is 7.05 Å². The molecule has 7 nitrogen and oxygen atoms in total. The molecule has 0 fully saturated rings. The topological polar surface area (TPSA) is 81.3 Å². The number of amides is 1. The van der Waals surface area contributed by atoms with E-state index in [1.54, 1.807) is 18.7 Å². The molecule has 0 radical (unpaired) electrons. The first-order valence-corrected chi connectivity index (χ1v) is 8.55. The Morgan fingerprint density at radius 2 is 1.93 bits per heavy atom. The molecule has 0 aliphatic rings. The third-order valence-corrected chi connectivity index (χ3v) is 4.52. The lowest BCUT2D eigenvalue weighted by molar-refractivity contribution is -0.385. The molecule has 0 saturated carbocycles. The van der Waals surface area contributed by atoms with Crippen molar-refractivity contribution in [3.8, 4) is 0 Å². The zero-order valence-corrected chi connectivity index (χ0v) is 15.8. The van der Waals surface area contributed by atoms with Gasteiger partial charge in [-0.1, -0.05) is 18.2 Å². The van der Waals surface area contributed by atoms with Crippen LogP contribution >= 0.6 is 0 Å². The quantitative estimate of drug-likeness (QED) is 0.528. The molecule has 0 unspecified atom stereocenters. The first-order chi connectivity index (χ1) is 13.0. The predicted octanol–water partition coefficient (Wildman–Crippen LogP) is 3.47. The largest absolute Gasteiger partial charge is 0.406 e. The third-order valence-electron chi connectivity index (χ3n) is 4.52. The van der Waals surface area contributed by atoms with Gasteiger partial charge in [0.05, 0.1) is 17.2 Å². The van der Waals surface area contributed by atoms with Gasteiger partial charge in [-0.05, 0) is 25.8 Å². The van der Waals surface area contributed by atoms with Crippen molar-refractivity contribution in [2.75, 3.05) is 6.54 Å². The number of nitro benzene ring substituents is 1. The summed E-state index contributed by atoms with van der Waals surface area (Å²) in [6, 6.07) is 5.46. The molecule has 0 aliphatic heterocycles. The minimum absolute atomic E-state index is 0.0545. The van der Waals surface area contributed by atoms with E-state index in [4.69, 9.17) is 0 Å². The second-order valence-electron chi connectivity index (χ2n) is 6.52. The number of carbonyl (C=O) groups excluding carboxylic acids is 1. The van der Waals surface area contributed by atoms with Gasteiger partial charge < -0.3 is 4.90 Å². The lowest BCUT2D eigenvalue weighted by Crippen LogP contribution is -2.38. The van der Waals surface area contributed by atoms with Gasteiger partial charge in [-0.2, -0.15) is 18.3 Å². The number of aromatic nitrogens is 2. The van der Waals surface area contributed by atoms with Crippen LogP contribution in [0.5, 0.6) is 0 Å². The Labute approximate surface area is 159 Å². The lowest BCUT2D eigenvalue weighted by atomic mass is 10.1. The fraction of sp³-hybridized carbons (Fsp3) is 0.444. The van der Waals surface area contributed by atoms with Crippen LogP contribution in [0.25, 0.3) is 0 Å². The van der Waals surface area contributed by atoms with Gasteiger partial charge in [0.2, 0.25) is 5.91 Å². The standard InChI is InChI=1S/C18H21F3N4O3/c1-12-15(13(2)23(3)22-12)8-9-17(26)24(11-18(19,20)21)10-14-6-4-5-7-16(14)25(27)28/h4-7H,8-11H2,1-3H3. The molecule has 0 N–H and O–H groups in total. The molecule has 152 valence electrons. The van der Waals surface area contributed by atoms with E-state index in [1.165, 1.54) is 24.3 Å². The summed E-state index contributed by atoms with van der Waals surface area (Å²) in [6.45, 7) is 1.64. The number of hydrogen-bond acceptors (Lipinski definition) is 4. The van der Waals surface area contributed by atoms with Crippen molar-refractivity contribution < 1.29 is 22.9 Å². The van der Waals surface area contributed by atoms with E-state index in [2.05, 4.69) is 5.10 Å². The molecule has 0 aliphatic carbocycles. The van der Waals surface area contributed by atoms with Crippen LogP contribution in [-0.2, 0) is 24.8 Å². The van der Waals surface area contributed by atoms with E-state index in [0.717, 1.165) is 11.3 Å². The van der Waals surface area contributed by atoms with Gasteiger partial charge in [0, 0.05) is 30.8 Å². The molecule has 28 heavy (non-hydrogen) atoms. The van der Waals surface area contributed by atoms with Crippen LogP contribution in [0.4, 0.5) is 18.9 Å². The Morgan fingerprint density at radius 1 is 1.29 bits per heavy atom. The molecule has 0 atom stereocenters. The summed E-state index contributed by atoms with van der Waals surface area (Å²) in [6.07, 6.45) is -4.51. The second-order valence-corrected chi connectivity index (χ2v) is 6.52. The number of halogens is 3. The fourth-order valence-corrected chi connectivity index (χ4v) is 3.05. The lowest BCUT2D eigenvalue weighted by Gasteiger charge is -2.24. The summed E-state index contributed by atoms with van der Waals surface area (Å²) in [5.74, 6) is -0.724. The van der Waals surface area contributed by atoms with E-state index in [9.17, 15) is 28.1 Å². The average molecular weight is 398 g/mol. The average Bonchev–Trinajstić information content (AvgIpc) is 2.83. The van der Waals surface area contributed by atoms with Gasteiger partial charge in [0.25, 0.3) is 5.69 Å². The van der Waals surface area contributed by atoms with Gasteiger partial charge in [-0.25, -0.2) is 0 Å². The van der Waals surface area contributed by atoms with Crippen LogP contribution in [0.3, 0.4) is 0 Å². The van der Waals surface area contributed by atoms with Crippen LogP contribution in [-0.4, -0.2) is 38.2 Å². The predicted molar refractivity (Wildman–Crippen MR) is 95.6 cm³/mol. The van der Waals surface area contributed by atoms with Gasteiger partial charge in [0.1, 0.15) is 6.54 Å². The van der Waals surface area contributed by atoms with Crippen LogP contribution in [0, 0.1) is 24.0 Å². The van der Waals surface area contributed by atoms with Crippen LogP contribution < -0.4 is 0 Å². The number of alkyl halides is 3. The highest BCUT2D eigenvalue weighted by Gasteiger charge is 2.34. The van der Waals surface area contributed by atoms with Crippen LogP contribution in [0.15, 0.2) is 24.3 Å². The summed E-state index contributed by atoms with van der Waals surface area (Å²) in [5, 5.41) is 15.3. The Hall–Kier alpha value is -2.91. The Kier molecular flexibility index (Phi) is 6.42. The first kappa shape index (κ1) is 21.4. The summed E-state index contributed by atoms with van der Waals surface area (Å²) >= 11 is 0. The summed E-state index contributed by atoms with van der Waals surface area (Å²) in [7, 11) is 1.75. The SMILES string of the molecule is Cc1nn(C)c(C)c1CCC(=O)N(Cc1ccccc1[N+](=O)[O-])CC(F)(F)F. The normalized spacial score (nSPS) is 11.5. The maximum atomic E-state index is 13.0. The van der Waals surface area contributed by atoms with E-state index in [1.807, 2.05) is 6.92 Å². The van der Waals surface area contributed by atoms with Crippen molar-refractivity contribution in [3.63, 3.8) is 0 Å². The molecular weight excluding hydrogens is 377 g/mol. The summed E-state index contributed by atoms with van der Waals surface area (Å²) in [5.41, 5.74) is 2.11. The van der Waals surface area contributed by atoms with Crippen LogP contribution in [0.2, 0.25) is 0 Å². The highest BCUT2D eigenvalue weighted by molar-refractivity contribution is 5.76. The molecule has 1 aromatic heterocycles. The molecule has 0 bridgehead atoms. The van der Waals surface area contributed by atoms with E-state index in [-0.39, 0.29) is 24.1 Å². The summed E-state index contributed by atoms with van der Waals surface area (Å²) < 4.78 is 40.6. The van der Waals surface area contributed by atoms with E-state index >= 15 is 0 Å². The number of carbonyl (C=O) groups is 1. The second kappa shape index (κ2) is 8.41. The molecule has 1 aromatic carbocycles. The van der Waals surface area contributed by atoms with Crippen molar-refractivity contribution in [1.29, 1.82) is 0 Å². The molecule has 0 spiro atoms. The number of nitro groups is 1. The molecule has 1 amide bonds. The van der Waals surface area contributed by atoms with Crippen molar-refractivity contribution in [3.05, 3.63) is 56.9 Å². The smallest absolute Gasteiger partial charge is 0.329 e. The van der Waals surface area contributed by atoms with Gasteiger partial charge in [0.15, 0.2) is 0 Å². The minimum atomic E-state index is -4.61. The summed E-state index contributed by atoms with van der Waals surface area (Å²) in [4.78, 5) is 23.6. The number of benzene rings is 1. The number of nitrogens with zero attached hydrogens (tertiary/aromatic N) is 4. The third kappa shape index (κ3) is 5.30. The van der Waals surface area contributed by atoms with Crippen LogP contribution in [0.1, 0.15) is 28.9 Å². The fourth-order valence-electron chi connectivity index (χ4n) is 3.05.